The van der Waals surface area contributed by atoms with E-state index in [-0.39, 0.29) is 18.4 Å². The Morgan fingerprint density at radius 2 is 2.00 bits per heavy atom. The van der Waals surface area contributed by atoms with Crippen LogP contribution in [0.15, 0.2) is 45.9 Å². The summed E-state index contributed by atoms with van der Waals surface area (Å²) in [6, 6.07) is 7.23. The minimum atomic E-state index is -2.71. The molecule has 0 N–H and O–H groups in total. The molecule has 0 spiro atoms. The molecule has 5 nitrogen and oxygen atoms in total. The predicted octanol–water partition coefficient (Wildman–Crippen LogP) is 3.39. The quantitative estimate of drug-likeness (QED) is 0.842. The third kappa shape index (κ3) is 4.28. The minimum Gasteiger partial charge on any atom is -0.332 e. The number of rotatable bonds is 5. The molecule has 0 saturated heterocycles. The van der Waals surface area contributed by atoms with E-state index in [0.717, 1.165) is 17.8 Å². The summed E-state index contributed by atoms with van der Waals surface area (Å²) < 4.78 is 18.6. The van der Waals surface area contributed by atoms with Crippen molar-refractivity contribution < 1.29 is 9.00 Å². The van der Waals surface area contributed by atoms with Gasteiger partial charge in [-0.15, -0.1) is 0 Å². The molecule has 1 aromatic heterocycles. The molecule has 2 unspecified atom stereocenters. The highest BCUT2D eigenvalue weighted by Gasteiger charge is 2.15. The molecule has 124 valence electrons. The number of benzene rings is 1. The first kappa shape index (κ1) is 17.4. The monoisotopic (exact) mass is 333 g/mol. The summed E-state index contributed by atoms with van der Waals surface area (Å²) in [4.78, 5) is 17.1. The predicted molar refractivity (Wildman–Crippen MR) is 91.9 cm³/mol. The number of carbonyl (C=O) groups is 1. The van der Waals surface area contributed by atoms with E-state index < -0.39 is 9.73 Å². The van der Waals surface area contributed by atoms with Crippen molar-refractivity contribution in [2.24, 2.45) is 4.36 Å². The number of amides is 1. The van der Waals surface area contributed by atoms with Gasteiger partial charge in [0.05, 0.1) is 16.1 Å². The van der Waals surface area contributed by atoms with Crippen molar-refractivity contribution in [3.63, 3.8) is 0 Å². The van der Waals surface area contributed by atoms with Gasteiger partial charge >= 0.3 is 0 Å². The molecule has 6 heteroatoms. The normalized spacial score (nSPS) is 15.0. The maximum absolute atomic E-state index is 12.7. The van der Waals surface area contributed by atoms with Crippen molar-refractivity contribution in [1.82, 2.24) is 9.55 Å². The summed E-state index contributed by atoms with van der Waals surface area (Å²) in [5, 5.41) is 0. The minimum absolute atomic E-state index is 0.0584. The molecule has 2 aromatic rings. The van der Waals surface area contributed by atoms with Crippen LogP contribution in [0, 0.1) is 6.92 Å². The fraction of sp³-hybridized carbons (Fsp3) is 0.412. The van der Waals surface area contributed by atoms with E-state index in [0.29, 0.717) is 4.90 Å². The Balaban J connectivity index is 2.17. The number of aromatic nitrogens is 2. The summed E-state index contributed by atoms with van der Waals surface area (Å²) in [5.74, 6) is 0.586. The molecule has 0 radical (unpaired) electrons. The van der Waals surface area contributed by atoms with E-state index in [1.165, 1.54) is 6.26 Å². The Bertz CT molecular complexity index is 800. The van der Waals surface area contributed by atoms with Crippen molar-refractivity contribution in [2.45, 2.75) is 44.6 Å². The van der Waals surface area contributed by atoms with Gasteiger partial charge in [0.25, 0.3) is 5.91 Å². The van der Waals surface area contributed by atoms with Gasteiger partial charge in [0.1, 0.15) is 5.82 Å². The molecule has 0 aliphatic rings. The highest BCUT2D eigenvalue weighted by Crippen LogP contribution is 2.17. The van der Waals surface area contributed by atoms with E-state index in [4.69, 9.17) is 0 Å². The van der Waals surface area contributed by atoms with Crippen LogP contribution in [0.3, 0.4) is 0 Å². The van der Waals surface area contributed by atoms with Crippen molar-refractivity contribution in [2.75, 3.05) is 6.26 Å². The van der Waals surface area contributed by atoms with Crippen LogP contribution in [0.25, 0.3) is 0 Å². The molecule has 1 amide bonds. The molecule has 0 aliphatic carbocycles. The Hall–Kier alpha value is -1.95. The first-order valence-corrected chi connectivity index (χ1v) is 9.59. The second-order valence-corrected chi connectivity index (χ2v) is 8.02. The maximum atomic E-state index is 12.7. The number of carbonyl (C=O) groups excluding carboxylic acids is 1. The second kappa shape index (κ2) is 7.08. The van der Waals surface area contributed by atoms with Gasteiger partial charge in [0.15, 0.2) is 0 Å². The number of aryl methyl sites for hydroxylation is 2. The van der Waals surface area contributed by atoms with E-state index in [9.17, 15) is 9.00 Å². The SMILES string of the molecule is CCc1nccn1C(C)CC(=O)N=S(C)(=O)c1ccc(C)cc1. The number of nitrogens with zero attached hydrogens (tertiary/aromatic N) is 3. The lowest BCUT2D eigenvalue weighted by atomic mass is 10.2. The van der Waals surface area contributed by atoms with E-state index >= 15 is 0 Å². The molecule has 0 aliphatic heterocycles. The Morgan fingerprint density at radius 1 is 1.35 bits per heavy atom. The first-order valence-electron chi connectivity index (χ1n) is 7.67. The standard InChI is InChI=1S/C17H23N3O2S/c1-5-16-18-10-11-20(16)14(3)12-17(21)19-23(4,22)15-8-6-13(2)7-9-15/h6-11,14H,5,12H2,1-4H3. The summed E-state index contributed by atoms with van der Waals surface area (Å²) in [7, 11) is -2.71. The zero-order valence-electron chi connectivity index (χ0n) is 14.0. The first-order chi connectivity index (χ1) is 10.8. The summed E-state index contributed by atoms with van der Waals surface area (Å²) >= 11 is 0. The van der Waals surface area contributed by atoms with Crippen LogP contribution in [0.4, 0.5) is 0 Å². The van der Waals surface area contributed by atoms with Gasteiger partial charge in [-0.2, -0.15) is 4.36 Å². The Labute approximate surface area is 137 Å². The fourth-order valence-electron chi connectivity index (χ4n) is 2.45. The highest BCUT2D eigenvalue weighted by atomic mass is 32.2. The van der Waals surface area contributed by atoms with E-state index in [1.807, 2.05) is 43.7 Å². The average molecular weight is 333 g/mol. The molecular weight excluding hydrogens is 310 g/mol. The molecule has 1 heterocycles. The average Bonchev–Trinajstić information content (AvgIpc) is 2.95. The van der Waals surface area contributed by atoms with E-state index in [1.54, 1.807) is 18.3 Å². The van der Waals surface area contributed by atoms with Gasteiger partial charge in [0.2, 0.25) is 0 Å². The highest BCUT2D eigenvalue weighted by molar-refractivity contribution is 7.93. The molecule has 23 heavy (non-hydrogen) atoms. The third-order valence-electron chi connectivity index (χ3n) is 3.74. The van der Waals surface area contributed by atoms with Crippen LogP contribution in [-0.2, 0) is 20.9 Å². The van der Waals surface area contributed by atoms with Crippen LogP contribution >= 0.6 is 0 Å². The van der Waals surface area contributed by atoms with Crippen molar-refractivity contribution in [3.05, 3.63) is 48.0 Å². The zero-order valence-corrected chi connectivity index (χ0v) is 14.8. The summed E-state index contributed by atoms with van der Waals surface area (Å²) in [6.45, 7) is 5.92. The molecule has 0 saturated carbocycles. The second-order valence-electron chi connectivity index (χ2n) is 5.76. The topological polar surface area (TPSA) is 64.3 Å². The van der Waals surface area contributed by atoms with Crippen molar-refractivity contribution in [1.29, 1.82) is 0 Å². The van der Waals surface area contributed by atoms with Crippen LogP contribution in [0.5, 0.6) is 0 Å². The fourth-order valence-corrected chi connectivity index (χ4v) is 3.65. The van der Waals surface area contributed by atoms with Crippen LogP contribution < -0.4 is 0 Å². The lowest BCUT2D eigenvalue weighted by Gasteiger charge is -2.14. The van der Waals surface area contributed by atoms with Gasteiger partial charge in [-0.25, -0.2) is 9.19 Å². The maximum Gasteiger partial charge on any atom is 0.256 e. The van der Waals surface area contributed by atoms with Gasteiger partial charge in [-0.05, 0) is 26.0 Å². The summed E-state index contributed by atoms with van der Waals surface area (Å²) in [6.07, 6.45) is 6.11. The van der Waals surface area contributed by atoms with Crippen molar-refractivity contribution in [3.8, 4) is 0 Å². The number of hydrogen-bond donors (Lipinski definition) is 0. The number of imidazole rings is 1. The Kier molecular flexibility index (Phi) is 5.36. The van der Waals surface area contributed by atoms with Gasteiger partial charge in [-0.1, -0.05) is 24.6 Å². The van der Waals surface area contributed by atoms with Gasteiger partial charge in [-0.3, -0.25) is 4.79 Å². The largest absolute Gasteiger partial charge is 0.332 e. The molecule has 2 rings (SSSR count). The summed E-state index contributed by atoms with van der Waals surface area (Å²) in [5.41, 5.74) is 1.08. The lowest BCUT2D eigenvalue weighted by molar-refractivity contribution is -0.118. The van der Waals surface area contributed by atoms with E-state index in [2.05, 4.69) is 9.35 Å². The molecular formula is C17H23N3O2S. The van der Waals surface area contributed by atoms with Gasteiger partial charge in [0, 0.05) is 36.0 Å². The van der Waals surface area contributed by atoms with Crippen LogP contribution in [0.1, 0.15) is 37.7 Å². The van der Waals surface area contributed by atoms with Crippen LogP contribution in [0.2, 0.25) is 0 Å². The number of hydrogen-bond acceptors (Lipinski definition) is 3. The van der Waals surface area contributed by atoms with Crippen molar-refractivity contribution >= 4 is 15.6 Å². The van der Waals surface area contributed by atoms with Gasteiger partial charge < -0.3 is 4.57 Å². The lowest BCUT2D eigenvalue weighted by Crippen LogP contribution is -2.13. The Morgan fingerprint density at radius 3 is 2.61 bits per heavy atom. The molecule has 1 aromatic carbocycles. The third-order valence-corrected chi connectivity index (χ3v) is 5.44. The molecule has 0 bridgehead atoms. The molecule has 2 atom stereocenters. The van der Waals surface area contributed by atoms with Crippen LogP contribution in [-0.4, -0.2) is 25.9 Å². The smallest absolute Gasteiger partial charge is 0.256 e. The zero-order chi connectivity index (χ0) is 17.0. The molecule has 0 fully saturated rings.